The molecule has 8 nitrogen and oxygen atoms in total. The smallest absolute Gasteiger partial charge is 0.272 e. The van der Waals surface area contributed by atoms with Gasteiger partial charge in [-0.25, -0.2) is 0 Å². The third kappa shape index (κ3) is 3.94. The summed E-state index contributed by atoms with van der Waals surface area (Å²) in [6.07, 6.45) is 2.78. The monoisotopic (exact) mass is 469 g/mol. The lowest BCUT2D eigenvalue weighted by molar-refractivity contribution is -0.113. The lowest BCUT2D eigenvalue weighted by Crippen LogP contribution is -2.28. The molecule has 32 heavy (non-hydrogen) atoms. The molecule has 4 heterocycles. The first-order valence-electron chi connectivity index (χ1n) is 10.6. The number of nitrogens with zero attached hydrogens (tertiary/aromatic N) is 4. The van der Waals surface area contributed by atoms with Crippen LogP contribution < -0.4 is 10.9 Å². The van der Waals surface area contributed by atoms with Crippen LogP contribution in [0.2, 0.25) is 0 Å². The minimum absolute atomic E-state index is 0.00567. The second-order valence-electron chi connectivity index (χ2n) is 7.65. The van der Waals surface area contributed by atoms with Gasteiger partial charge in [0.05, 0.1) is 23.9 Å². The van der Waals surface area contributed by atoms with Crippen LogP contribution in [-0.2, 0) is 22.5 Å². The number of anilines is 1. The van der Waals surface area contributed by atoms with Crippen LogP contribution in [0.15, 0.2) is 45.7 Å². The van der Waals surface area contributed by atoms with Gasteiger partial charge in [0.25, 0.3) is 5.56 Å². The number of amides is 1. The van der Waals surface area contributed by atoms with Gasteiger partial charge in [-0.05, 0) is 42.3 Å². The Labute approximate surface area is 192 Å². The molecule has 0 aliphatic carbocycles. The number of nitrogens with one attached hydrogen (secondary N) is 1. The number of thiophene rings is 1. The summed E-state index contributed by atoms with van der Waals surface area (Å²) in [7, 11) is 0. The average Bonchev–Trinajstić information content (AvgIpc) is 3.56. The van der Waals surface area contributed by atoms with Gasteiger partial charge in [-0.3, -0.25) is 18.6 Å². The van der Waals surface area contributed by atoms with Crippen molar-refractivity contribution in [2.45, 2.75) is 44.0 Å². The lowest BCUT2D eigenvalue weighted by atomic mass is 10.1. The Hall–Kier alpha value is -2.69. The Balaban J connectivity index is 1.43. The molecule has 10 heteroatoms. The number of hydrogen-bond acceptors (Lipinski definition) is 7. The minimum Gasteiger partial charge on any atom is -0.376 e. The van der Waals surface area contributed by atoms with Gasteiger partial charge < -0.3 is 10.1 Å². The number of ether oxygens (including phenoxy) is 1. The summed E-state index contributed by atoms with van der Waals surface area (Å²) in [5.74, 6) is 0.563. The molecule has 1 aromatic carbocycles. The first-order chi connectivity index (χ1) is 15.7. The first-order valence-corrected chi connectivity index (χ1v) is 12.5. The Morgan fingerprint density at radius 3 is 3.00 bits per heavy atom. The number of carbonyl (C=O) groups excluding carboxylic acids is 1. The number of fused-ring (bicyclic) bond motifs is 3. The van der Waals surface area contributed by atoms with Crippen LogP contribution >= 0.6 is 23.1 Å². The summed E-state index contributed by atoms with van der Waals surface area (Å²) < 4.78 is 9.93. The van der Waals surface area contributed by atoms with Crippen LogP contribution in [0, 0.1) is 0 Å². The number of aryl methyl sites for hydroxylation is 1. The molecule has 0 spiro atoms. The highest BCUT2D eigenvalue weighted by Gasteiger charge is 2.23. The molecule has 4 aromatic rings. The van der Waals surface area contributed by atoms with E-state index in [4.69, 9.17) is 4.74 Å². The number of carbonyl (C=O) groups is 1. The standard InChI is InChI=1S/C22H23N5O3S2/c1-2-14-6-3-4-8-16(14)23-18(28)13-32-22-25-24-21-26(12-15-7-5-10-30-15)20(29)19-17(27(21)22)9-11-31-19/h3-4,6,8-9,11,15H,2,5,7,10,12-13H2,1H3,(H,23,28)/t15-/m1/s1. The number of hydrogen-bond donors (Lipinski definition) is 1. The van der Waals surface area contributed by atoms with E-state index in [1.54, 1.807) is 4.57 Å². The van der Waals surface area contributed by atoms with Gasteiger partial charge in [0.2, 0.25) is 11.7 Å². The first kappa shape index (κ1) is 21.2. The summed E-state index contributed by atoms with van der Waals surface area (Å²) in [4.78, 5) is 25.7. The largest absolute Gasteiger partial charge is 0.376 e. The van der Waals surface area contributed by atoms with Gasteiger partial charge in [-0.15, -0.1) is 21.5 Å². The van der Waals surface area contributed by atoms with E-state index in [9.17, 15) is 9.59 Å². The molecule has 5 rings (SSSR count). The fourth-order valence-corrected chi connectivity index (χ4v) is 5.58. The van der Waals surface area contributed by atoms with E-state index >= 15 is 0 Å². The Kier molecular flexibility index (Phi) is 5.99. The van der Waals surface area contributed by atoms with Gasteiger partial charge in [0, 0.05) is 12.3 Å². The third-order valence-electron chi connectivity index (χ3n) is 5.60. The van der Waals surface area contributed by atoms with Crippen molar-refractivity contribution in [3.8, 4) is 0 Å². The van der Waals surface area contributed by atoms with E-state index in [0.29, 0.717) is 22.2 Å². The second kappa shape index (κ2) is 9.05. The molecule has 3 aromatic heterocycles. The molecule has 1 fully saturated rings. The summed E-state index contributed by atoms with van der Waals surface area (Å²) in [6.45, 7) is 3.23. The summed E-state index contributed by atoms with van der Waals surface area (Å²) in [5.41, 5.74) is 2.62. The van der Waals surface area contributed by atoms with E-state index in [2.05, 4.69) is 22.4 Å². The zero-order valence-electron chi connectivity index (χ0n) is 17.6. The maximum Gasteiger partial charge on any atom is 0.272 e. The molecule has 1 atom stereocenters. The molecule has 166 valence electrons. The second-order valence-corrected chi connectivity index (χ2v) is 9.51. The number of benzene rings is 1. The number of thioether (sulfide) groups is 1. The fourth-order valence-electron chi connectivity index (χ4n) is 4.02. The van der Waals surface area contributed by atoms with Crippen molar-refractivity contribution in [1.29, 1.82) is 0 Å². The van der Waals surface area contributed by atoms with Crippen LogP contribution in [0.3, 0.4) is 0 Å². The van der Waals surface area contributed by atoms with Crippen molar-refractivity contribution < 1.29 is 9.53 Å². The van der Waals surface area contributed by atoms with Gasteiger partial charge in [0.1, 0.15) is 4.70 Å². The van der Waals surface area contributed by atoms with E-state index in [1.807, 2.05) is 40.1 Å². The fraction of sp³-hybridized carbons (Fsp3) is 0.364. The third-order valence-corrected chi connectivity index (χ3v) is 7.42. The average molecular weight is 470 g/mol. The SMILES string of the molecule is CCc1ccccc1NC(=O)CSc1nnc2n(C[C@H]3CCCO3)c(=O)c3sccc3n12. The van der Waals surface area contributed by atoms with Gasteiger partial charge >= 0.3 is 0 Å². The van der Waals surface area contributed by atoms with Crippen molar-refractivity contribution in [3.63, 3.8) is 0 Å². The lowest BCUT2D eigenvalue weighted by Gasteiger charge is -2.13. The number of aromatic nitrogens is 4. The van der Waals surface area contributed by atoms with Crippen molar-refractivity contribution in [1.82, 2.24) is 19.2 Å². The molecule has 1 aliphatic heterocycles. The van der Waals surface area contributed by atoms with Crippen LogP contribution in [0.25, 0.3) is 16.0 Å². The molecule has 1 saturated heterocycles. The van der Waals surface area contributed by atoms with E-state index in [0.717, 1.165) is 42.6 Å². The number of para-hydroxylation sites is 1. The van der Waals surface area contributed by atoms with Crippen LogP contribution in [-0.4, -0.2) is 43.5 Å². The molecule has 0 bridgehead atoms. The van der Waals surface area contributed by atoms with Crippen LogP contribution in [0.1, 0.15) is 25.3 Å². The highest BCUT2D eigenvalue weighted by atomic mass is 32.2. The van der Waals surface area contributed by atoms with E-state index in [1.165, 1.54) is 23.1 Å². The molecule has 0 radical (unpaired) electrons. The van der Waals surface area contributed by atoms with Gasteiger partial charge in [0.15, 0.2) is 5.16 Å². The van der Waals surface area contributed by atoms with Gasteiger partial charge in [-0.2, -0.15) is 0 Å². The summed E-state index contributed by atoms with van der Waals surface area (Å²) in [5, 5.41) is 14.1. The van der Waals surface area contributed by atoms with Gasteiger partial charge in [-0.1, -0.05) is 36.9 Å². The van der Waals surface area contributed by atoms with Crippen molar-refractivity contribution in [2.75, 3.05) is 17.7 Å². The van der Waals surface area contributed by atoms with Crippen LogP contribution in [0.4, 0.5) is 5.69 Å². The molecule has 1 aliphatic rings. The normalized spacial score (nSPS) is 16.2. The molecule has 1 N–H and O–H groups in total. The summed E-state index contributed by atoms with van der Waals surface area (Å²) >= 11 is 2.71. The Morgan fingerprint density at radius 1 is 1.31 bits per heavy atom. The summed E-state index contributed by atoms with van der Waals surface area (Å²) in [6, 6.07) is 9.69. The predicted octanol–water partition coefficient (Wildman–Crippen LogP) is 3.58. The molecular weight excluding hydrogens is 446 g/mol. The zero-order chi connectivity index (χ0) is 22.1. The minimum atomic E-state index is -0.109. The van der Waals surface area contributed by atoms with Crippen molar-refractivity contribution in [2.24, 2.45) is 0 Å². The quantitative estimate of drug-likeness (QED) is 0.416. The van der Waals surface area contributed by atoms with Crippen LogP contribution in [0.5, 0.6) is 0 Å². The van der Waals surface area contributed by atoms with E-state index < -0.39 is 0 Å². The van der Waals surface area contributed by atoms with Crippen molar-refractivity contribution >= 4 is 50.7 Å². The molecule has 0 unspecified atom stereocenters. The number of rotatable bonds is 7. The highest BCUT2D eigenvalue weighted by molar-refractivity contribution is 7.99. The maximum atomic E-state index is 13.1. The zero-order valence-corrected chi connectivity index (χ0v) is 19.2. The maximum absolute atomic E-state index is 13.1. The topological polar surface area (TPSA) is 90.5 Å². The Morgan fingerprint density at radius 2 is 2.19 bits per heavy atom. The molecular formula is C22H23N5O3S2. The van der Waals surface area contributed by atoms with E-state index in [-0.39, 0.29) is 23.3 Å². The predicted molar refractivity (Wildman–Crippen MR) is 127 cm³/mol. The van der Waals surface area contributed by atoms with Crippen molar-refractivity contribution in [3.05, 3.63) is 51.6 Å². The molecule has 1 amide bonds. The highest BCUT2D eigenvalue weighted by Crippen LogP contribution is 2.25. The molecule has 0 saturated carbocycles. The Bertz CT molecular complexity index is 1340.